The van der Waals surface area contributed by atoms with Gasteiger partial charge in [0.1, 0.15) is 4.49 Å². The lowest BCUT2D eigenvalue weighted by Crippen LogP contribution is -1.84. The zero-order chi connectivity index (χ0) is 5.86. The van der Waals surface area contributed by atoms with E-state index in [-0.39, 0.29) is 16.9 Å². The Kier molecular flexibility index (Phi) is 7.15. The molecule has 0 saturated heterocycles. The fraction of sp³-hybridized carbons (Fsp3) is 0. The van der Waals surface area contributed by atoms with E-state index in [2.05, 4.69) is 0 Å². The molecule has 1 N–H and O–H groups in total. The first-order valence-electron chi connectivity index (χ1n) is 1.38. The van der Waals surface area contributed by atoms with Crippen LogP contribution in [-0.4, -0.2) is 11.1 Å². The summed E-state index contributed by atoms with van der Waals surface area (Å²) in [6.45, 7) is 0. The highest BCUT2D eigenvalue weighted by Crippen LogP contribution is 2.04. The summed E-state index contributed by atoms with van der Waals surface area (Å²) in [5, 5.41) is 7.84. The SMILES string of the molecule is Cl.O=C(O)C=C(Cl)Cl. The third-order valence-electron chi connectivity index (χ3n) is 0.233. The molecule has 2 nitrogen and oxygen atoms in total. The fourth-order valence-corrected chi connectivity index (χ4v) is 0.280. The molecule has 0 aliphatic rings. The summed E-state index contributed by atoms with van der Waals surface area (Å²) in [6.07, 6.45) is 0.698. The molecule has 0 radical (unpaired) electrons. The van der Waals surface area contributed by atoms with Crippen LogP contribution in [0.25, 0.3) is 0 Å². The van der Waals surface area contributed by atoms with E-state index in [9.17, 15) is 4.79 Å². The Morgan fingerprint density at radius 3 is 1.88 bits per heavy atom. The van der Waals surface area contributed by atoms with Crippen LogP contribution in [0.4, 0.5) is 0 Å². The van der Waals surface area contributed by atoms with Gasteiger partial charge in [-0.1, -0.05) is 23.2 Å². The van der Waals surface area contributed by atoms with Gasteiger partial charge in [-0.25, -0.2) is 4.79 Å². The van der Waals surface area contributed by atoms with Crippen LogP contribution in [-0.2, 0) is 4.79 Å². The maximum absolute atomic E-state index is 9.56. The smallest absolute Gasteiger partial charge is 0.330 e. The van der Waals surface area contributed by atoms with Crippen LogP contribution in [0.15, 0.2) is 10.6 Å². The van der Waals surface area contributed by atoms with Crippen LogP contribution < -0.4 is 0 Å². The van der Waals surface area contributed by atoms with Crippen LogP contribution in [0.2, 0.25) is 0 Å². The Balaban J connectivity index is 0. The molecule has 48 valence electrons. The molecule has 0 unspecified atom stereocenters. The second kappa shape index (κ2) is 5.22. The molecular formula is C3H3Cl3O2. The molecule has 0 heterocycles. The van der Waals surface area contributed by atoms with E-state index in [1.165, 1.54) is 0 Å². The Bertz CT molecular complexity index is 105. The summed E-state index contributed by atoms with van der Waals surface area (Å²) in [5.41, 5.74) is 0. The van der Waals surface area contributed by atoms with E-state index in [4.69, 9.17) is 28.3 Å². The molecule has 0 aromatic rings. The van der Waals surface area contributed by atoms with Crippen LogP contribution in [0.5, 0.6) is 0 Å². The lowest BCUT2D eigenvalue weighted by atomic mass is 10.7. The molecule has 0 aromatic carbocycles. The Labute approximate surface area is 62.5 Å². The number of hydrogen-bond acceptors (Lipinski definition) is 1. The lowest BCUT2D eigenvalue weighted by molar-refractivity contribution is -0.131. The van der Waals surface area contributed by atoms with E-state index in [0.29, 0.717) is 6.08 Å². The maximum atomic E-state index is 9.56. The number of rotatable bonds is 1. The summed E-state index contributed by atoms with van der Waals surface area (Å²) < 4.78 is -0.243. The van der Waals surface area contributed by atoms with Crippen molar-refractivity contribution < 1.29 is 9.90 Å². The monoisotopic (exact) mass is 176 g/mol. The van der Waals surface area contributed by atoms with Gasteiger partial charge in [0.15, 0.2) is 0 Å². The van der Waals surface area contributed by atoms with Gasteiger partial charge in [0.05, 0.1) is 6.08 Å². The molecule has 5 heteroatoms. The van der Waals surface area contributed by atoms with E-state index in [1.54, 1.807) is 0 Å². The molecular weight excluding hydrogens is 174 g/mol. The maximum Gasteiger partial charge on any atom is 0.330 e. The average Bonchev–Trinajstić information content (AvgIpc) is 1.27. The average molecular weight is 177 g/mol. The molecule has 0 amide bonds. The van der Waals surface area contributed by atoms with Gasteiger partial charge in [0.2, 0.25) is 0 Å². The van der Waals surface area contributed by atoms with Gasteiger partial charge in [-0.05, 0) is 0 Å². The Morgan fingerprint density at radius 2 is 1.88 bits per heavy atom. The Hall–Kier alpha value is 0.0800. The number of hydrogen-bond donors (Lipinski definition) is 1. The third kappa shape index (κ3) is 9.43. The summed E-state index contributed by atoms with van der Waals surface area (Å²) in [6, 6.07) is 0. The van der Waals surface area contributed by atoms with Crippen LogP contribution in [0.1, 0.15) is 0 Å². The normalized spacial score (nSPS) is 6.75. The number of carbonyl (C=O) groups is 1. The highest BCUT2D eigenvalue weighted by molar-refractivity contribution is 6.56. The van der Waals surface area contributed by atoms with E-state index >= 15 is 0 Å². The second-order valence-corrected chi connectivity index (χ2v) is 1.78. The predicted molar refractivity (Wildman–Crippen MR) is 34.7 cm³/mol. The lowest BCUT2D eigenvalue weighted by Gasteiger charge is -1.74. The van der Waals surface area contributed by atoms with Crippen molar-refractivity contribution in [3.63, 3.8) is 0 Å². The molecule has 0 aliphatic carbocycles. The molecule has 0 aromatic heterocycles. The van der Waals surface area contributed by atoms with E-state index in [1.807, 2.05) is 0 Å². The molecule has 0 rings (SSSR count). The Morgan fingerprint density at radius 1 is 1.50 bits per heavy atom. The highest BCUT2D eigenvalue weighted by atomic mass is 35.5. The van der Waals surface area contributed by atoms with E-state index < -0.39 is 5.97 Å². The van der Waals surface area contributed by atoms with Gasteiger partial charge in [-0.2, -0.15) is 0 Å². The van der Waals surface area contributed by atoms with Crippen molar-refractivity contribution in [2.75, 3.05) is 0 Å². The standard InChI is InChI=1S/C3H2Cl2O2.ClH/c4-2(5)1-3(6)7;/h1H,(H,6,7);1H. The summed E-state index contributed by atoms with van der Waals surface area (Å²) in [7, 11) is 0. The summed E-state index contributed by atoms with van der Waals surface area (Å²) >= 11 is 9.84. The minimum Gasteiger partial charge on any atom is -0.478 e. The molecule has 0 atom stereocenters. The first-order chi connectivity index (χ1) is 3.13. The van der Waals surface area contributed by atoms with Gasteiger partial charge in [-0.3, -0.25) is 0 Å². The molecule has 0 fully saturated rings. The number of carboxylic acid groups (broad SMARTS) is 1. The van der Waals surface area contributed by atoms with Crippen molar-refractivity contribution in [1.82, 2.24) is 0 Å². The van der Waals surface area contributed by atoms with Crippen molar-refractivity contribution in [2.24, 2.45) is 0 Å². The van der Waals surface area contributed by atoms with Crippen LogP contribution >= 0.6 is 35.6 Å². The minimum atomic E-state index is -1.14. The molecule has 0 saturated carbocycles. The van der Waals surface area contributed by atoms with Gasteiger partial charge in [0, 0.05) is 0 Å². The summed E-state index contributed by atoms with van der Waals surface area (Å²) in [5.74, 6) is -1.14. The minimum absolute atomic E-state index is 0. The van der Waals surface area contributed by atoms with Gasteiger partial charge in [0.25, 0.3) is 0 Å². The molecule has 0 bridgehead atoms. The predicted octanol–water partition coefficient (Wildman–Crippen LogP) is 1.81. The van der Waals surface area contributed by atoms with Crippen LogP contribution in [0.3, 0.4) is 0 Å². The van der Waals surface area contributed by atoms with Crippen molar-refractivity contribution in [3.05, 3.63) is 10.6 Å². The second-order valence-electron chi connectivity index (χ2n) is 0.772. The van der Waals surface area contributed by atoms with Gasteiger partial charge in [-0.15, -0.1) is 12.4 Å². The van der Waals surface area contributed by atoms with Gasteiger partial charge < -0.3 is 5.11 Å². The first kappa shape index (κ1) is 11.0. The first-order valence-corrected chi connectivity index (χ1v) is 2.14. The fourth-order valence-electron chi connectivity index (χ4n) is 0.0933. The van der Waals surface area contributed by atoms with Gasteiger partial charge >= 0.3 is 5.97 Å². The van der Waals surface area contributed by atoms with Crippen molar-refractivity contribution in [1.29, 1.82) is 0 Å². The summed E-state index contributed by atoms with van der Waals surface area (Å²) in [4.78, 5) is 9.56. The third-order valence-corrected chi connectivity index (χ3v) is 0.451. The number of carboxylic acids is 1. The zero-order valence-electron chi connectivity index (χ0n) is 3.60. The van der Waals surface area contributed by atoms with Crippen molar-refractivity contribution in [2.45, 2.75) is 0 Å². The van der Waals surface area contributed by atoms with E-state index in [0.717, 1.165) is 0 Å². The van der Waals surface area contributed by atoms with Crippen molar-refractivity contribution in [3.8, 4) is 0 Å². The molecule has 0 spiro atoms. The van der Waals surface area contributed by atoms with Crippen LogP contribution in [0, 0.1) is 0 Å². The highest BCUT2D eigenvalue weighted by Gasteiger charge is 1.88. The molecule has 8 heavy (non-hydrogen) atoms. The van der Waals surface area contributed by atoms with Crippen molar-refractivity contribution >= 4 is 41.6 Å². The topological polar surface area (TPSA) is 37.3 Å². The number of halogens is 3. The largest absolute Gasteiger partial charge is 0.478 e. The number of aliphatic carboxylic acids is 1. The quantitative estimate of drug-likeness (QED) is 0.620. The molecule has 0 aliphatic heterocycles. The zero-order valence-corrected chi connectivity index (χ0v) is 5.93.